The summed E-state index contributed by atoms with van der Waals surface area (Å²) in [5.74, 6) is 0.943. The minimum absolute atomic E-state index is 0.0284. The minimum atomic E-state index is -0.172. The molecule has 9 nitrogen and oxygen atoms in total. The lowest BCUT2D eigenvalue weighted by molar-refractivity contribution is -0.165. The number of carbonyl (C=O) groups is 1. The van der Waals surface area contributed by atoms with Crippen LogP contribution in [0, 0.1) is 6.92 Å². The number of anilines is 1. The molecule has 0 aromatic carbocycles. The summed E-state index contributed by atoms with van der Waals surface area (Å²) in [5.41, 5.74) is 4.54. The number of nitrogens with one attached hydrogen (secondary N) is 2. The molecule has 9 heteroatoms. The smallest absolute Gasteiger partial charge is 0.263 e. The van der Waals surface area contributed by atoms with E-state index in [-0.39, 0.29) is 23.7 Å². The van der Waals surface area contributed by atoms with E-state index in [0.29, 0.717) is 24.7 Å². The first-order valence-corrected chi connectivity index (χ1v) is 11.9. The molecule has 3 fully saturated rings. The summed E-state index contributed by atoms with van der Waals surface area (Å²) in [5, 5.41) is 6.48. The second-order valence-corrected chi connectivity index (χ2v) is 9.73. The molecule has 3 aliphatic heterocycles. The van der Waals surface area contributed by atoms with Crippen molar-refractivity contribution in [3.05, 3.63) is 47.7 Å². The minimum Gasteiger partial charge on any atom is -0.480 e. The predicted molar refractivity (Wildman–Crippen MR) is 125 cm³/mol. The van der Waals surface area contributed by atoms with Crippen LogP contribution in [0.3, 0.4) is 0 Å². The Kier molecular flexibility index (Phi) is 5.18. The Labute approximate surface area is 197 Å². The molecule has 1 aliphatic carbocycles. The Bertz CT molecular complexity index is 1240. The molecule has 2 saturated heterocycles. The van der Waals surface area contributed by atoms with Gasteiger partial charge in [0.25, 0.3) is 5.91 Å². The summed E-state index contributed by atoms with van der Waals surface area (Å²) in [6.07, 6.45) is 7.60. The van der Waals surface area contributed by atoms with Crippen LogP contribution in [-0.2, 0) is 22.5 Å². The van der Waals surface area contributed by atoms with Gasteiger partial charge in [0.05, 0.1) is 29.1 Å². The number of nitrogens with zero attached hydrogens (tertiary/aromatic N) is 4. The molecule has 1 amide bonds. The normalized spacial score (nSPS) is 25.6. The molecule has 4 aliphatic rings. The van der Waals surface area contributed by atoms with Crippen LogP contribution >= 0.6 is 0 Å². The van der Waals surface area contributed by atoms with Crippen LogP contribution in [0.5, 0.6) is 5.75 Å². The van der Waals surface area contributed by atoms with Crippen molar-refractivity contribution < 1.29 is 14.3 Å². The zero-order valence-corrected chi connectivity index (χ0v) is 19.3. The second-order valence-electron chi connectivity index (χ2n) is 9.73. The first-order valence-electron chi connectivity index (χ1n) is 11.9. The van der Waals surface area contributed by atoms with E-state index in [9.17, 15) is 4.79 Å². The van der Waals surface area contributed by atoms with Crippen LogP contribution in [0.4, 0.5) is 5.82 Å². The van der Waals surface area contributed by atoms with Gasteiger partial charge < -0.3 is 20.1 Å². The molecule has 7 rings (SSSR count). The molecule has 3 aromatic rings. The number of fused-ring (bicyclic) bond motifs is 5. The summed E-state index contributed by atoms with van der Waals surface area (Å²) >= 11 is 0. The number of hydrogen-bond donors (Lipinski definition) is 2. The monoisotopic (exact) mass is 460 g/mol. The van der Waals surface area contributed by atoms with Crippen LogP contribution in [0.25, 0.3) is 11.0 Å². The Morgan fingerprint density at radius 3 is 2.79 bits per heavy atom. The number of pyridine rings is 2. The second kappa shape index (κ2) is 8.25. The van der Waals surface area contributed by atoms with Crippen molar-refractivity contribution in [3.8, 4) is 5.75 Å². The highest BCUT2D eigenvalue weighted by molar-refractivity contribution is 5.94. The van der Waals surface area contributed by atoms with E-state index in [1.54, 1.807) is 6.33 Å². The van der Waals surface area contributed by atoms with Crippen LogP contribution in [-0.4, -0.2) is 50.2 Å². The van der Waals surface area contributed by atoms with Crippen molar-refractivity contribution in [1.82, 2.24) is 25.3 Å². The standard InChI is InChI=1S/C25H28N6O3/c1-16-2-4-18-22(29-16)19(27-15-26-18)6-7-25-10-8-24(9-11-25,14-34-25)28-12-17-3-5-20-23(30-17)31-21(32)13-33-20/h2-5,15,28H,6-14H2,1H3,(H,30,31,32). The first-order chi connectivity index (χ1) is 16.5. The molecule has 0 atom stereocenters. The van der Waals surface area contributed by atoms with Gasteiger partial charge in [-0.1, -0.05) is 0 Å². The number of ether oxygens (including phenoxy) is 2. The predicted octanol–water partition coefficient (Wildman–Crippen LogP) is 2.86. The molecule has 3 aromatic heterocycles. The molecule has 6 heterocycles. The topological polar surface area (TPSA) is 111 Å². The molecule has 0 unspecified atom stereocenters. The third-order valence-corrected chi connectivity index (χ3v) is 7.46. The molecular weight excluding hydrogens is 432 g/mol. The molecule has 2 N–H and O–H groups in total. The van der Waals surface area contributed by atoms with Gasteiger partial charge in [0.2, 0.25) is 0 Å². The van der Waals surface area contributed by atoms with E-state index in [0.717, 1.165) is 66.6 Å². The van der Waals surface area contributed by atoms with Gasteiger partial charge in [-0.05, 0) is 69.7 Å². The van der Waals surface area contributed by atoms with Crippen molar-refractivity contribution in [1.29, 1.82) is 0 Å². The zero-order valence-electron chi connectivity index (χ0n) is 19.3. The maximum Gasteiger partial charge on any atom is 0.263 e. The van der Waals surface area contributed by atoms with Gasteiger partial charge >= 0.3 is 0 Å². The van der Waals surface area contributed by atoms with Gasteiger partial charge in [0, 0.05) is 17.8 Å². The molecule has 0 radical (unpaired) electrons. The number of hydrogen-bond acceptors (Lipinski definition) is 8. The highest BCUT2D eigenvalue weighted by Crippen LogP contribution is 2.46. The van der Waals surface area contributed by atoms with Crippen molar-refractivity contribution in [2.24, 2.45) is 0 Å². The lowest BCUT2D eigenvalue weighted by Crippen LogP contribution is -2.61. The van der Waals surface area contributed by atoms with E-state index in [1.165, 1.54) is 0 Å². The third-order valence-electron chi connectivity index (χ3n) is 7.46. The van der Waals surface area contributed by atoms with Crippen LogP contribution in [0.2, 0.25) is 0 Å². The third kappa shape index (κ3) is 3.99. The van der Waals surface area contributed by atoms with Crippen molar-refractivity contribution in [3.63, 3.8) is 0 Å². The number of rotatable bonds is 6. The fraction of sp³-hybridized carbons (Fsp3) is 0.480. The Morgan fingerprint density at radius 2 is 1.97 bits per heavy atom. The van der Waals surface area contributed by atoms with Gasteiger partial charge in [-0.25, -0.2) is 19.9 Å². The highest BCUT2D eigenvalue weighted by atomic mass is 16.5. The van der Waals surface area contributed by atoms with Crippen LogP contribution in [0.15, 0.2) is 30.6 Å². The number of carbonyl (C=O) groups excluding carboxylic acids is 1. The largest absolute Gasteiger partial charge is 0.480 e. The van der Waals surface area contributed by atoms with Crippen molar-refractivity contribution in [2.75, 3.05) is 18.5 Å². The van der Waals surface area contributed by atoms with E-state index >= 15 is 0 Å². The van der Waals surface area contributed by atoms with Gasteiger partial charge in [0.15, 0.2) is 18.2 Å². The quantitative estimate of drug-likeness (QED) is 0.578. The van der Waals surface area contributed by atoms with Crippen molar-refractivity contribution >= 4 is 22.8 Å². The molecule has 2 bridgehead atoms. The summed E-state index contributed by atoms with van der Waals surface area (Å²) in [6, 6.07) is 7.81. The first kappa shape index (κ1) is 21.4. The Morgan fingerprint density at radius 1 is 1.09 bits per heavy atom. The molecule has 0 spiro atoms. The molecule has 176 valence electrons. The summed E-state index contributed by atoms with van der Waals surface area (Å²) in [6.45, 7) is 3.35. The molecule has 34 heavy (non-hydrogen) atoms. The fourth-order valence-electron chi connectivity index (χ4n) is 5.31. The maximum atomic E-state index is 11.6. The van der Waals surface area contributed by atoms with Crippen molar-refractivity contribution in [2.45, 2.75) is 63.1 Å². The average molecular weight is 461 g/mol. The molecule has 1 saturated carbocycles. The highest BCUT2D eigenvalue weighted by Gasteiger charge is 2.49. The lowest BCUT2D eigenvalue weighted by Gasteiger charge is -2.53. The average Bonchev–Trinajstić information content (AvgIpc) is 2.87. The number of aromatic nitrogens is 4. The van der Waals surface area contributed by atoms with Crippen LogP contribution in [0.1, 0.15) is 49.2 Å². The van der Waals surface area contributed by atoms with E-state index in [4.69, 9.17) is 9.47 Å². The van der Waals surface area contributed by atoms with Gasteiger partial charge in [-0.3, -0.25) is 4.79 Å². The van der Waals surface area contributed by atoms with Gasteiger partial charge in [-0.2, -0.15) is 0 Å². The van der Waals surface area contributed by atoms with Gasteiger partial charge in [0.1, 0.15) is 11.8 Å². The van der Waals surface area contributed by atoms with E-state index < -0.39 is 0 Å². The van der Waals surface area contributed by atoms with Crippen LogP contribution < -0.4 is 15.4 Å². The van der Waals surface area contributed by atoms with E-state index in [2.05, 4.69) is 30.6 Å². The zero-order chi connectivity index (χ0) is 23.2. The summed E-state index contributed by atoms with van der Waals surface area (Å²) < 4.78 is 11.9. The number of aryl methyl sites for hydroxylation is 2. The Balaban J connectivity index is 1.08. The fourth-order valence-corrected chi connectivity index (χ4v) is 5.31. The van der Waals surface area contributed by atoms with E-state index in [1.807, 2.05) is 31.2 Å². The maximum absolute atomic E-state index is 11.6. The Hall–Kier alpha value is -3.17. The summed E-state index contributed by atoms with van der Waals surface area (Å²) in [7, 11) is 0. The lowest BCUT2D eigenvalue weighted by atomic mass is 9.69. The summed E-state index contributed by atoms with van der Waals surface area (Å²) in [4.78, 5) is 29.7. The van der Waals surface area contributed by atoms with Gasteiger partial charge in [-0.15, -0.1) is 0 Å². The number of amides is 1. The SMILES string of the molecule is Cc1ccc2ncnc(CCC34CCC(NCc5ccc6c(n5)NC(=O)CO6)(CC3)CO4)c2n1. The molecular formula is C25H28N6O3.